The second kappa shape index (κ2) is 7.07. The summed E-state index contributed by atoms with van der Waals surface area (Å²) in [6.45, 7) is 1.30. The van der Waals surface area contributed by atoms with Crippen LogP contribution in [0.4, 0.5) is 5.69 Å². The number of carboxylic acids is 1. The maximum absolute atomic E-state index is 12.0. The average Bonchev–Trinajstić information content (AvgIpc) is 2.47. The maximum Gasteiger partial charge on any atom is 0.306 e. The molecule has 1 saturated heterocycles. The molecule has 1 amide bonds. The van der Waals surface area contributed by atoms with Gasteiger partial charge in [0.1, 0.15) is 0 Å². The highest BCUT2D eigenvalue weighted by Crippen LogP contribution is 2.17. The van der Waals surface area contributed by atoms with Gasteiger partial charge in [-0.2, -0.15) is 0 Å². The molecule has 0 aromatic heterocycles. The molecule has 1 aliphatic rings. The fourth-order valence-corrected chi connectivity index (χ4v) is 2.99. The van der Waals surface area contributed by atoms with E-state index in [2.05, 4.69) is 5.32 Å². The highest BCUT2D eigenvalue weighted by molar-refractivity contribution is 7.89. The molecule has 1 aromatic carbocycles. The number of nitrogens with one attached hydrogen (secondary N) is 1. The van der Waals surface area contributed by atoms with Crippen molar-refractivity contribution >= 4 is 27.6 Å². The number of anilines is 1. The van der Waals surface area contributed by atoms with E-state index in [-0.39, 0.29) is 23.3 Å². The van der Waals surface area contributed by atoms with Crippen LogP contribution in [0.25, 0.3) is 0 Å². The number of benzene rings is 1. The molecule has 0 bridgehead atoms. The summed E-state index contributed by atoms with van der Waals surface area (Å²) < 4.78 is 22.3. The van der Waals surface area contributed by atoms with E-state index >= 15 is 0 Å². The summed E-state index contributed by atoms with van der Waals surface area (Å²) in [5.41, 5.74) is 0.475. The Labute approximate surface area is 134 Å². The van der Waals surface area contributed by atoms with E-state index < -0.39 is 16.0 Å². The molecule has 4 N–H and O–H groups in total. The Morgan fingerprint density at radius 2 is 1.78 bits per heavy atom. The highest BCUT2D eigenvalue weighted by Gasteiger charge is 2.25. The third-order valence-corrected chi connectivity index (χ3v) is 4.70. The number of piperidine rings is 1. The number of carbonyl (C=O) groups is 2. The second-order valence-electron chi connectivity index (χ2n) is 5.51. The van der Waals surface area contributed by atoms with Crippen LogP contribution in [0, 0.1) is 5.92 Å². The van der Waals surface area contributed by atoms with Crippen molar-refractivity contribution in [3.8, 4) is 0 Å². The Morgan fingerprint density at radius 3 is 2.26 bits per heavy atom. The van der Waals surface area contributed by atoms with E-state index in [0.29, 0.717) is 31.6 Å². The number of nitrogens with two attached hydrogens (primary N) is 1. The summed E-state index contributed by atoms with van der Waals surface area (Å²) in [7, 11) is -3.75. The Morgan fingerprint density at radius 1 is 1.22 bits per heavy atom. The van der Waals surface area contributed by atoms with E-state index in [1.54, 1.807) is 0 Å². The van der Waals surface area contributed by atoms with Crippen LogP contribution in [0.1, 0.15) is 12.8 Å². The standard InChI is InChI=1S/C14H19N3O5S/c15-23(21,22)12-3-1-11(2-4-12)16-13(18)9-17-7-5-10(6-8-17)14(19)20/h1-4,10H,5-9H2,(H,16,18)(H,19,20)(H2,15,21,22). The molecule has 126 valence electrons. The number of aliphatic carboxylic acids is 1. The predicted octanol–water partition coefficient (Wildman–Crippen LogP) is 0.0691. The van der Waals surface area contributed by atoms with Gasteiger partial charge in [0.15, 0.2) is 0 Å². The molecule has 2 rings (SSSR count). The first kappa shape index (κ1) is 17.4. The molecule has 9 heteroatoms. The molecular formula is C14H19N3O5S. The van der Waals surface area contributed by atoms with Gasteiger partial charge in [0.25, 0.3) is 0 Å². The first-order valence-electron chi connectivity index (χ1n) is 7.13. The van der Waals surface area contributed by atoms with E-state index in [1.165, 1.54) is 24.3 Å². The van der Waals surface area contributed by atoms with Gasteiger partial charge in [0.05, 0.1) is 17.4 Å². The normalized spacial score (nSPS) is 16.9. The topological polar surface area (TPSA) is 130 Å². The summed E-state index contributed by atoms with van der Waals surface area (Å²) in [5.74, 6) is -1.36. The molecule has 0 radical (unpaired) electrons. The van der Waals surface area contributed by atoms with Crippen molar-refractivity contribution < 1.29 is 23.1 Å². The molecule has 1 fully saturated rings. The molecule has 0 atom stereocenters. The van der Waals surface area contributed by atoms with Gasteiger partial charge in [-0.25, -0.2) is 13.6 Å². The maximum atomic E-state index is 12.0. The van der Waals surface area contributed by atoms with E-state index in [0.717, 1.165) is 0 Å². The molecule has 0 aliphatic carbocycles. The van der Waals surface area contributed by atoms with Gasteiger partial charge in [-0.15, -0.1) is 0 Å². The van der Waals surface area contributed by atoms with Gasteiger partial charge in [-0.1, -0.05) is 0 Å². The van der Waals surface area contributed by atoms with Gasteiger partial charge >= 0.3 is 5.97 Å². The molecule has 1 aliphatic heterocycles. The Hall–Kier alpha value is -1.97. The van der Waals surface area contributed by atoms with Crippen LogP contribution in [0.2, 0.25) is 0 Å². The molecule has 1 heterocycles. The molecule has 0 unspecified atom stereocenters. The molecule has 1 aromatic rings. The number of likely N-dealkylation sites (tertiary alicyclic amines) is 1. The van der Waals surface area contributed by atoms with Crippen molar-refractivity contribution in [1.82, 2.24) is 4.90 Å². The average molecular weight is 341 g/mol. The summed E-state index contributed by atoms with van der Waals surface area (Å²) in [6, 6.07) is 5.58. The van der Waals surface area contributed by atoms with Crippen molar-refractivity contribution in [3.63, 3.8) is 0 Å². The summed E-state index contributed by atoms with van der Waals surface area (Å²) >= 11 is 0. The Balaban J connectivity index is 1.85. The van der Waals surface area contributed by atoms with Gasteiger partial charge in [-0.05, 0) is 50.2 Å². The zero-order valence-corrected chi connectivity index (χ0v) is 13.3. The number of sulfonamides is 1. The number of nitrogens with zero attached hydrogens (tertiary/aromatic N) is 1. The van der Waals surface area contributed by atoms with Crippen molar-refractivity contribution in [2.24, 2.45) is 11.1 Å². The highest BCUT2D eigenvalue weighted by atomic mass is 32.2. The monoisotopic (exact) mass is 341 g/mol. The summed E-state index contributed by atoms with van der Waals surface area (Å²) in [6.07, 6.45) is 1.07. The van der Waals surface area contributed by atoms with E-state index in [9.17, 15) is 18.0 Å². The minimum atomic E-state index is -3.75. The number of hydrogen-bond donors (Lipinski definition) is 3. The van der Waals surface area contributed by atoms with E-state index in [1.807, 2.05) is 4.90 Å². The van der Waals surface area contributed by atoms with Gasteiger partial charge in [0, 0.05) is 5.69 Å². The lowest BCUT2D eigenvalue weighted by atomic mass is 9.97. The van der Waals surface area contributed by atoms with Crippen LogP contribution in [0.5, 0.6) is 0 Å². The second-order valence-corrected chi connectivity index (χ2v) is 7.07. The number of rotatable bonds is 5. The van der Waals surface area contributed by atoms with E-state index in [4.69, 9.17) is 10.2 Å². The van der Waals surface area contributed by atoms with Gasteiger partial charge < -0.3 is 10.4 Å². The van der Waals surface area contributed by atoms with Crippen LogP contribution >= 0.6 is 0 Å². The number of carboxylic acid groups (broad SMARTS) is 1. The number of primary sulfonamides is 1. The fourth-order valence-electron chi connectivity index (χ4n) is 2.47. The third-order valence-electron chi connectivity index (χ3n) is 3.77. The molecule has 8 nitrogen and oxygen atoms in total. The molecular weight excluding hydrogens is 322 g/mol. The summed E-state index contributed by atoms with van der Waals surface area (Å²) in [5, 5.41) is 16.6. The summed E-state index contributed by atoms with van der Waals surface area (Å²) in [4.78, 5) is 24.7. The number of amides is 1. The van der Waals surface area contributed by atoms with Crippen molar-refractivity contribution in [2.75, 3.05) is 25.0 Å². The first-order chi connectivity index (χ1) is 10.8. The van der Waals surface area contributed by atoms with Gasteiger partial charge in [0.2, 0.25) is 15.9 Å². The molecule has 23 heavy (non-hydrogen) atoms. The SMILES string of the molecule is NS(=O)(=O)c1ccc(NC(=O)CN2CCC(C(=O)O)CC2)cc1. The smallest absolute Gasteiger partial charge is 0.306 e. The minimum Gasteiger partial charge on any atom is -0.481 e. The lowest BCUT2D eigenvalue weighted by molar-refractivity contribution is -0.143. The molecule has 0 saturated carbocycles. The zero-order chi connectivity index (χ0) is 17.0. The van der Waals surface area contributed by atoms with Crippen LogP contribution < -0.4 is 10.5 Å². The zero-order valence-electron chi connectivity index (χ0n) is 12.4. The molecule has 0 spiro atoms. The van der Waals surface area contributed by atoms with Crippen LogP contribution in [-0.2, 0) is 19.6 Å². The van der Waals surface area contributed by atoms with Crippen LogP contribution in [0.15, 0.2) is 29.2 Å². The Kier molecular flexibility index (Phi) is 5.34. The predicted molar refractivity (Wildman–Crippen MR) is 83.2 cm³/mol. The number of hydrogen-bond acceptors (Lipinski definition) is 5. The van der Waals surface area contributed by atoms with Crippen molar-refractivity contribution in [3.05, 3.63) is 24.3 Å². The van der Waals surface area contributed by atoms with Crippen molar-refractivity contribution in [2.45, 2.75) is 17.7 Å². The van der Waals surface area contributed by atoms with Gasteiger partial charge in [-0.3, -0.25) is 14.5 Å². The Bertz CT molecular complexity index is 679. The van der Waals surface area contributed by atoms with Crippen molar-refractivity contribution in [1.29, 1.82) is 0 Å². The quantitative estimate of drug-likeness (QED) is 0.695. The van der Waals surface area contributed by atoms with Crippen LogP contribution in [-0.4, -0.2) is 49.9 Å². The largest absolute Gasteiger partial charge is 0.481 e. The lowest BCUT2D eigenvalue weighted by Crippen LogP contribution is -2.40. The number of carbonyl (C=O) groups excluding carboxylic acids is 1. The lowest BCUT2D eigenvalue weighted by Gasteiger charge is -2.29. The first-order valence-corrected chi connectivity index (χ1v) is 8.68. The fraction of sp³-hybridized carbons (Fsp3) is 0.429. The van der Waals surface area contributed by atoms with Crippen LogP contribution in [0.3, 0.4) is 0 Å². The third kappa shape index (κ3) is 5.02. The minimum absolute atomic E-state index is 0.0220.